The minimum atomic E-state index is -1.02. The van der Waals surface area contributed by atoms with E-state index in [2.05, 4.69) is 0 Å². The lowest BCUT2D eigenvalue weighted by Gasteiger charge is -2.31. The summed E-state index contributed by atoms with van der Waals surface area (Å²) >= 11 is 0. The number of carbonyl (C=O) groups is 2. The van der Waals surface area contributed by atoms with Gasteiger partial charge in [-0.05, 0) is 26.7 Å². The molecule has 1 heterocycles. The summed E-state index contributed by atoms with van der Waals surface area (Å²) in [7, 11) is 0. The highest BCUT2D eigenvalue weighted by molar-refractivity contribution is 5.83. The molecule has 0 radical (unpaired) electrons. The smallest absolute Gasteiger partial charge is 0.310 e. The van der Waals surface area contributed by atoms with Crippen molar-refractivity contribution >= 4 is 11.9 Å². The quantitative estimate of drug-likeness (QED) is 0.655. The molecule has 4 nitrogen and oxygen atoms in total. The van der Waals surface area contributed by atoms with E-state index < -0.39 is 17.3 Å². The van der Waals surface area contributed by atoms with Crippen molar-refractivity contribution in [2.24, 2.45) is 11.3 Å². The molecule has 0 bridgehead atoms. The van der Waals surface area contributed by atoms with Gasteiger partial charge in [-0.25, -0.2) is 0 Å². The average molecular weight is 186 g/mol. The molecule has 0 aromatic heterocycles. The van der Waals surface area contributed by atoms with Crippen LogP contribution in [0.2, 0.25) is 0 Å². The normalized spacial score (nSPS) is 23.8. The van der Waals surface area contributed by atoms with Crippen LogP contribution in [0.3, 0.4) is 0 Å². The summed E-state index contributed by atoms with van der Waals surface area (Å²) in [6, 6.07) is 0. The number of hydrogen-bond acceptors (Lipinski definition) is 3. The van der Waals surface area contributed by atoms with Crippen LogP contribution in [0.1, 0.15) is 26.7 Å². The van der Waals surface area contributed by atoms with Crippen LogP contribution in [0.5, 0.6) is 0 Å². The van der Waals surface area contributed by atoms with Crippen molar-refractivity contribution in [2.45, 2.75) is 26.7 Å². The predicted octanol–water partition coefficient (Wildman–Crippen LogP) is 1.05. The van der Waals surface area contributed by atoms with Gasteiger partial charge in [0.25, 0.3) is 0 Å². The molecule has 1 aliphatic rings. The Morgan fingerprint density at radius 2 is 2.23 bits per heavy atom. The SMILES string of the molecule is CC(C)(C(=O)O)C1CCCOC1=O. The Hall–Kier alpha value is -1.06. The molecule has 1 saturated heterocycles. The Bertz CT molecular complexity index is 232. The van der Waals surface area contributed by atoms with Gasteiger partial charge in [-0.3, -0.25) is 9.59 Å². The lowest BCUT2D eigenvalue weighted by Crippen LogP contribution is -2.41. The highest BCUT2D eigenvalue weighted by atomic mass is 16.5. The first kappa shape index (κ1) is 10.0. The van der Waals surface area contributed by atoms with Gasteiger partial charge in [0, 0.05) is 0 Å². The molecule has 1 N–H and O–H groups in total. The molecule has 0 aliphatic carbocycles. The number of aliphatic carboxylic acids is 1. The van der Waals surface area contributed by atoms with Gasteiger partial charge < -0.3 is 9.84 Å². The second-order valence-corrected chi connectivity index (χ2v) is 3.89. The zero-order valence-corrected chi connectivity index (χ0v) is 7.87. The molecule has 1 unspecified atom stereocenters. The topological polar surface area (TPSA) is 63.6 Å². The number of carboxylic acid groups (broad SMARTS) is 1. The summed E-state index contributed by atoms with van der Waals surface area (Å²) < 4.78 is 4.82. The number of rotatable bonds is 2. The zero-order valence-electron chi connectivity index (χ0n) is 7.87. The summed E-state index contributed by atoms with van der Waals surface area (Å²) in [5.41, 5.74) is -1.02. The van der Waals surface area contributed by atoms with Gasteiger partial charge in [-0.2, -0.15) is 0 Å². The Labute approximate surface area is 76.9 Å². The Morgan fingerprint density at radius 1 is 1.62 bits per heavy atom. The van der Waals surface area contributed by atoms with Crippen LogP contribution in [0.15, 0.2) is 0 Å². The van der Waals surface area contributed by atoms with Gasteiger partial charge in [0.15, 0.2) is 0 Å². The van der Waals surface area contributed by atoms with E-state index in [4.69, 9.17) is 9.84 Å². The average Bonchev–Trinajstić information content (AvgIpc) is 2.04. The van der Waals surface area contributed by atoms with E-state index in [1.54, 1.807) is 13.8 Å². The largest absolute Gasteiger partial charge is 0.481 e. The molecule has 0 aromatic carbocycles. The molecule has 1 aliphatic heterocycles. The molecule has 1 rings (SSSR count). The van der Waals surface area contributed by atoms with Crippen molar-refractivity contribution in [1.29, 1.82) is 0 Å². The minimum absolute atomic E-state index is 0.376. The number of carbonyl (C=O) groups excluding carboxylic acids is 1. The van der Waals surface area contributed by atoms with Gasteiger partial charge in [-0.15, -0.1) is 0 Å². The summed E-state index contributed by atoms with van der Waals surface area (Å²) in [6.07, 6.45) is 1.37. The second kappa shape index (κ2) is 3.36. The van der Waals surface area contributed by atoms with Crippen molar-refractivity contribution in [3.8, 4) is 0 Å². The number of cyclic esters (lactones) is 1. The predicted molar refractivity (Wildman–Crippen MR) is 45.1 cm³/mol. The van der Waals surface area contributed by atoms with Gasteiger partial charge in [0.2, 0.25) is 0 Å². The number of hydrogen-bond donors (Lipinski definition) is 1. The van der Waals surface area contributed by atoms with Crippen molar-refractivity contribution in [2.75, 3.05) is 6.61 Å². The van der Waals surface area contributed by atoms with Crippen LogP contribution in [-0.4, -0.2) is 23.7 Å². The molecule has 4 heteroatoms. The summed E-state index contributed by atoms with van der Waals surface area (Å²) in [5.74, 6) is -1.83. The van der Waals surface area contributed by atoms with E-state index in [0.717, 1.165) is 6.42 Å². The van der Waals surface area contributed by atoms with Crippen LogP contribution in [0.25, 0.3) is 0 Å². The maximum Gasteiger partial charge on any atom is 0.310 e. The fraction of sp³-hybridized carbons (Fsp3) is 0.778. The molecule has 0 amide bonds. The van der Waals surface area contributed by atoms with Crippen LogP contribution in [0, 0.1) is 11.3 Å². The summed E-state index contributed by atoms with van der Waals surface area (Å²) in [4.78, 5) is 22.1. The van der Waals surface area contributed by atoms with Gasteiger partial charge in [-0.1, -0.05) is 0 Å². The van der Waals surface area contributed by atoms with E-state index >= 15 is 0 Å². The third-order valence-corrected chi connectivity index (χ3v) is 2.59. The molecule has 0 saturated carbocycles. The van der Waals surface area contributed by atoms with E-state index in [-0.39, 0.29) is 5.97 Å². The fourth-order valence-corrected chi connectivity index (χ4v) is 1.48. The third-order valence-electron chi connectivity index (χ3n) is 2.59. The molecular weight excluding hydrogens is 172 g/mol. The first-order chi connectivity index (χ1) is 5.96. The first-order valence-corrected chi connectivity index (χ1v) is 4.36. The van der Waals surface area contributed by atoms with Gasteiger partial charge in [0.05, 0.1) is 17.9 Å². The van der Waals surface area contributed by atoms with Gasteiger partial charge in [0.1, 0.15) is 0 Å². The van der Waals surface area contributed by atoms with Crippen LogP contribution < -0.4 is 0 Å². The Kier molecular flexibility index (Phi) is 2.59. The Morgan fingerprint density at radius 3 is 2.69 bits per heavy atom. The molecule has 74 valence electrons. The summed E-state index contributed by atoms with van der Waals surface area (Å²) in [5, 5.41) is 8.90. The monoisotopic (exact) mass is 186 g/mol. The molecule has 1 fully saturated rings. The van der Waals surface area contributed by atoms with Crippen molar-refractivity contribution in [3.63, 3.8) is 0 Å². The van der Waals surface area contributed by atoms with E-state index in [1.807, 2.05) is 0 Å². The zero-order chi connectivity index (χ0) is 10.1. The van der Waals surface area contributed by atoms with Crippen LogP contribution in [0.4, 0.5) is 0 Å². The van der Waals surface area contributed by atoms with Crippen molar-refractivity contribution in [1.82, 2.24) is 0 Å². The van der Waals surface area contributed by atoms with Crippen molar-refractivity contribution in [3.05, 3.63) is 0 Å². The second-order valence-electron chi connectivity index (χ2n) is 3.89. The van der Waals surface area contributed by atoms with Crippen LogP contribution in [-0.2, 0) is 14.3 Å². The number of carboxylic acids is 1. The standard InChI is InChI=1S/C9H14O4/c1-9(2,8(11)12)6-4-3-5-13-7(6)10/h6H,3-5H2,1-2H3,(H,11,12). The maximum atomic E-state index is 11.3. The lowest BCUT2D eigenvalue weighted by atomic mass is 9.76. The first-order valence-electron chi connectivity index (χ1n) is 4.36. The molecule has 13 heavy (non-hydrogen) atoms. The third kappa shape index (κ3) is 1.82. The van der Waals surface area contributed by atoms with E-state index in [1.165, 1.54) is 0 Å². The summed E-state index contributed by atoms with van der Waals surface area (Å²) in [6.45, 7) is 3.55. The van der Waals surface area contributed by atoms with Crippen LogP contribution >= 0.6 is 0 Å². The Balaban J connectivity index is 2.79. The molecular formula is C9H14O4. The van der Waals surface area contributed by atoms with Gasteiger partial charge >= 0.3 is 11.9 Å². The maximum absolute atomic E-state index is 11.3. The molecule has 0 aromatic rings. The molecule has 1 atom stereocenters. The lowest BCUT2D eigenvalue weighted by molar-refractivity contribution is -0.168. The highest BCUT2D eigenvalue weighted by Crippen LogP contribution is 2.33. The minimum Gasteiger partial charge on any atom is -0.481 e. The highest BCUT2D eigenvalue weighted by Gasteiger charge is 2.43. The van der Waals surface area contributed by atoms with E-state index in [0.29, 0.717) is 13.0 Å². The fourth-order valence-electron chi connectivity index (χ4n) is 1.48. The number of ether oxygens (including phenoxy) is 1. The molecule has 0 spiro atoms. The number of esters is 1. The van der Waals surface area contributed by atoms with Crippen molar-refractivity contribution < 1.29 is 19.4 Å². The van der Waals surface area contributed by atoms with E-state index in [9.17, 15) is 9.59 Å².